The first-order valence-corrected chi connectivity index (χ1v) is 7.05. The summed E-state index contributed by atoms with van der Waals surface area (Å²) < 4.78 is 41.1. The number of halogens is 4. The number of benzene rings is 2. The fraction of sp³-hybridized carbons (Fsp3) is 0.250. The van der Waals surface area contributed by atoms with Crippen molar-refractivity contribution in [3.8, 4) is 0 Å². The summed E-state index contributed by atoms with van der Waals surface area (Å²) >= 11 is 5.98. The van der Waals surface area contributed by atoms with Crippen molar-refractivity contribution in [1.29, 1.82) is 0 Å². The minimum Gasteiger partial charge on any atom is -0.306 e. The summed E-state index contributed by atoms with van der Waals surface area (Å²) in [6.45, 7) is 2.51. The molecule has 1 unspecified atom stereocenters. The van der Waals surface area contributed by atoms with Crippen molar-refractivity contribution >= 4 is 11.6 Å². The Hall–Kier alpha value is -1.52. The van der Waals surface area contributed by atoms with E-state index in [4.69, 9.17) is 11.6 Å². The Morgan fingerprint density at radius 1 is 1.00 bits per heavy atom. The van der Waals surface area contributed by atoms with Gasteiger partial charge in [0.2, 0.25) is 0 Å². The third-order valence-electron chi connectivity index (χ3n) is 3.18. The lowest BCUT2D eigenvalue weighted by Crippen LogP contribution is -2.25. The highest BCUT2D eigenvalue weighted by Gasteiger charge is 2.22. The van der Waals surface area contributed by atoms with Gasteiger partial charge in [0, 0.05) is 5.56 Å². The van der Waals surface area contributed by atoms with E-state index < -0.39 is 23.5 Å². The lowest BCUT2D eigenvalue weighted by molar-refractivity contribution is 0.479. The predicted molar refractivity (Wildman–Crippen MR) is 77.9 cm³/mol. The second-order valence-electron chi connectivity index (χ2n) is 4.67. The monoisotopic (exact) mass is 313 g/mol. The number of rotatable bonds is 5. The third kappa shape index (κ3) is 3.39. The van der Waals surface area contributed by atoms with Crippen LogP contribution in [0.25, 0.3) is 0 Å². The van der Waals surface area contributed by atoms with Gasteiger partial charge >= 0.3 is 0 Å². The lowest BCUT2D eigenvalue weighted by Gasteiger charge is -2.21. The van der Waals surface area contributed by atoms with E-state index in [1.54, 1.807) is 6.07 Å². The van der Waals surface area contributed by atoms with Gasteiger partial charge in [-0.25, -0.2) is 13.2 Å². The summed E-state index contributed by atoms with van der Waals surface area (Å²) in [4.78, 5) is 0. The number of nitrogens with one attached hydrogen (secondary N) is 1. The summed E-state index contributed by atoms with van der Waals surface area (Å²) in [7, 11) is 0. The molecule has 2 aromatic rings. The van der Waals surface area contributed by atoms with Gasteiger partial charge in [-0.2, -0.15) is 0 Å². The van der Waals surface area contributed by atoms with Crippen molar-refractivity contribution in [2.24, 2.45) is 0 Å². The Balaban J connectivity index is 2.52. The Kier molecular flexibility index (Phi) is 5.26. The quantitative estimate of drug-likeness (QED) is 0.832. The van der Waals surface area contributed by atoms with E-state index in [-0.39, 0.29) is 10.6 Å². The minimum absolute atomic E-state index is 0.0882. The topological polar surface area (TPSA) is 12.0 Å². The summed E-state index contributed by atoms with van der Waals surface area (Å²) in [6, 6.07) is 7.54. The first-order valence-electron chi connectivity index (χ1n) is 6.67. The molecule has 1 N–H and O–H groups in total. The summed E-state index contributed by atoms with van der Waals surface area (Å²) in [5.74, 6) is -2.48. The second-order valence-corrected chi connectivity index (χ2v) is 5.05. The first-order chi connectivity index (χ1) is 10.1. The van der Waals surface area contributed by atoms with Crippen LogP contribution in [-0.2, 0) is 0 Å². The van der Waals surface area contributed by atoms with Crippen LogP contribution in [0.3, 0.4) is 0 Å². The van der Waals surface area contributed by atoms with Crippen molar-refractivity contribution in [3.05, 3.63) is 70.0 Å². The van der Waals surface area contributed by atoms with Gasteiger partial charge in [0.05, 0.1) is 11.1 Å². The second kappa shape index (κ2) is 6.96. The van der Waals surface area contributed by atoms with E-state index in [1.807, 2.05) is 6.92 Å². The first kappa shape index (κ1) is 15.9. The molecule has 2 aromatic carbocycles. The standard InChI is InChI=1S/C16H15ClF3N/c1-2-9-21-16(10-5-3-7-12(18)14(10)17)11-6-4-8-13(19)15(11)20/h3-8,16,21H,2,9H2,1H3. The minimum atomic E-state index is -0.952. The summed E-state index contributed by atoms with van der Waals surface area (Å²) in [5, 5.41) is 2.99. The molecule has 0 saturated carbocycles. The van der Waals surface area contributed by atoms with Crippen molar-refractivity contribution < 1.29 is 13.2 Å². The molecule has 1 atom stereocenters. The molecule has 1 nitrogen and oxygen atoms in total. The fourth-order valence-electron chi connectivity index (χ4n) is 2.16. The number of hydrogen-bond donors (Lipinski definition) is 1. The smallest absolute Gasteiger partial charge is 0.163 e. The van der Waals surface area contributed by atoms with Crippen molar-refractivity contribution in [3.63, 3.8) is 0 Å². The molecule has 0 aliphatic heterocycles. The van der Waals surface area contributed by atoms with Crippen LogP contribution in [0.1, 0.15) is 30.5 Å². The molecule has 0 bridgehead atoms. The van der Waals surface area contributed by atoms with E-state index in [0.717, 1.165) is 12.5 Å². The largest absolute Gasteiger partial charge is 0.306 e. The maximum absolute atomic E-state index is 14.0. The average molecular weight is 314 g/mol. The van der Waals surface area contributed by atoms with Crippen LogP contribution in [0.15, 0.2) is 36.4 Å². The third-order valence-corrected chi connectivity index (χ3v) is 3.58. The normalized spacial score (nSPS) is 12.4. The Morgan fingerprint density at radius 3 is 2.29 bits per heavy atom. The Labute approximate surface area is 126 Å². The molecule has 0 amide bonds. The zero-order valence-corrected chi connectivity index (χ0v) is 12.2. The maximum Gasteiger partial charge on any atom is 0.163 e. The zero-order valence-electron chi connectivity index (χ0n) is 11.5. The highest BCUT2D eigenvalue weighted by Crippen LogP contribution is 2.32. The molecule has 0 aromatic heterocycles. The van der Waals surface area contributed by atoms with Gasteiger partial charge in [-0.3, -0.25) is 0 Å². The lowest BCUT2D eigenvalue weighted by atomic mass is 9.97. The van der Waals surface area contributed by atoms with E-state index in [9.17, 15) is 13.2 Å². The molecular formula is C16H15ClF3N. The predicted octanol–water partition coefficient (Wildman–Crippen LogP) is 4.85. The average Bonchev–Trinajstić information content (AvgIpc) is 2.47. The highest BCUT2D eigenvalue weighted by atomic mass is 35.5. The SMILES string of the molecule is CCCNC(c1cccc(F)c1F)c1cccc(F)c1Cl. The molecule has 0 saturated heterocycles. The molecule has 0 aliphatic rings. The van der Waals surface area contributed by atoms with Gasteiger partial charge in [-0.1, -0.05) is 42.8 Å². The Morgan fingerprint density at radius 2 is 1.62 bits per heavy atom. The zero-order chi connectivity index (χ0) is 15.4. The summed E-state index contributed by atoms with van der Waals surface area (Å²) in [6.07, 6.45) is 0.792. The number of hydrogen-bond acceptors (Lipinski definition) is 1. The van der Waals surface area contributed by atoms with Gasteiger partial charge in [0.15, 0.2) is 11.6 Å². The molecule has 0 spiro atoms. The van der Waals surface area contributed by atoms with Gasteiger partial charge in [-0.05, 0) is 30.7 Å². The van der Waals surface area contributed by atoms with Gasteiger partial charge in [0.1, 0.15) is 5.82 Å². The van der Waals surface area contributed by atoms with Crippen molar-refractivity contribution in [1.82, 2.24) is 5.32 Å². The van der Waals surface area contributed by atoms with Crippen LogP contribution in [-0.4, -0.2) is 6.54 Å². The molecule has 2 rings (SSSR count). The molecule has 0 fully saturated rings. The van der Waals surface area contributed by atoms with Crippen LogP contribution in [0, 0.1) is 17.5 Å². The molecule has 5 heteroatoms. The van der Waals surface area contributed by atoms with Crippen LogP contribution in [0.5, 0.6) is 0 Å². The molecule has 0 aliphatic carbocycles. The van der Waals surface area contributed by atoms with Crippen LogP contribution in [0.2, 0.25) is 5.02 Å². The van der Waals surface area contributed by atoms with E-state index in [1.165, 1.54) is 24.3 Å². The molecule has 0 heterocycles. The molecule has 0 radical (unpaired) electrons. The molecule has 21 heavy (non-hydrogen) atoms. The van der Waals surface area contributed by atoms with E-state index >= 15 is 0 Å². The van der Waals surface area contributed by atoms with Crippen LogP contribution >= 0.6 is 11.6 Å². The molecule has 112 valence electrons. The van der Waals surface area contributed by atoms with E-state index in [0.29, 0.717) is 12.1 Å². The van der Waals surface area contributed by atoms with E-state index in [2.05, 4.69) is 5.32 Å². The van der Waals surface area contributed by atoms with Gasteiger partial charge in [-0.15, -0.1) is 0 Å². The van der Waals surface area contributed by atoms with Gasteiger partial charge in [0.25, 0.3) is 0 Å². The van der Waals surface area contributed by atoms with Crippen LogP contribution in [0.4, 0.5) is 13.2 Å². The molecular weight excluding hydrogens is 299 g/mol. The fourth-order valence-corrected chi connectivity index (χ4v) is 2.40. The maximum atomic E-state index is 14.0. The van der Waals surface area contributed by atoms with Crippen molar-refractivity contribution in [2.75, 3.05) is 6.54 Å². The Bertz CT molecular complexity index is 579. The highest BCUT2D eigenvalue weighted by molar-refractivity contribution is 6.31. The summed E-state index contributed by atoms with van der Waals surface area (Å²) in [5.41, 5.74) is 0.491. The van der Waals surface area contributed by atoms with Crippen LogP contribution < -0.4 is 5.32 Å². The van der Waals surface area contributed by atoms with Gasteiger partial charge < -0.3 is 5.32 Å². The van der Waals surface area contributed by atoms with Crippen molar-refractivity contribution in [2.45, 2.75) is 19.4 Å².